The van der Waals surface area contributed by atoms with Crippen LogP contribution in [0.5, 0.6) is 23.0 Å². The van der Waals surface area contributed by atoms with Crippen molar-refractivity contribution < 1.29 is 90.7 Å². The van der Waals surface area contributed by atoms with E-state index < -0.39 is 127 Å². The molecule has 54 heavy (non-hydrogen) atoms. The van der Waals surface area contributed by atoms with E-state index in [1.54, 1.807) is 0 Å². The molecule has 0 saturated carbocycles. The van der Waals surface area contributed by atoms with Gasteiger partial charge in [-0.2, -0.15) is 70.2 Å². The zero-order valence-corrected chi connectivity index (χ0v) is 25.8. The first-order valence-corrected chi connectivity index (χ1v) is 13.7. The third-order valence-electron chi connectivity index (χ3n) is 7.24. The van der Waals surface area contributed by atoms with Crippen LogP contribution in [0.25, 0.3) is 0 Å². The summed E-state index contributed by atoms with van der Waals surface area (Å²) in [5.74, 6) is -14.5. The van der Waals surface area contributed by atoms with E-state index in [0.717, 1.165) is 0 Å². The topological polar surface area (TPSA) is 185 Å². The summed E-state index contributed by atoms with van der Waals surface area (Å²) < 4.78 is 217. The minimum absolute atomic E-state index is 0.0248. The van der Waals surface area contributed by atoms with Gasteiger partial charge in [-0.15, -0.1) is 0 Å². The fraction of sp³-hybridized carbons (Fsp3) is 0.200. The molecular weight excluding hydrogens is 784 g/mol. The smallest absolute Gasteiger partial charge is 0.417 e. The number of hydrogen-bond acceptors (Lipinski definition) is 8. The molecule has 4 aromatic rings. The van der Waals surface area contributed by atoms with E-state index in [1.165, 1.54) is 0 Å². The molecule has 0 unspecified atom stereocenters. The van der Waals surface area contributed by atoms with Gasteiger partial charge in [-0.1, -0.05) is 0 Å². The number of benzene rings is 4. The summed E-state index contributed by atoms with van der Waals surface area (Å²) in [6, 6.07) is -0.378. The molecule has 0 spiro atoms. The number of anilines is 4. The van der Waals surface area contributed by atoms with Crippen molar-refractivity contribution in [1.29, 1.82) is 0 Å². The second-order valence-corrected chi connectivity index (χ2v) is 11.0. The highest BCUT2D eigenvalue weighted by Gasteiger charge is 2.51. The minimum Gasteiger partial charge on any atom is -0.506 e. The molecule has 0 aliphatic rings. The number of hydrogen-bond donors (Lipinski definition) is 8. The normalized spacial score (nSPS) is 13.0. The maximum atomic E-state index is 14.8. The first-order valence-electron chi connectivity index (χ1n) is 13.7. The van der Waals surface area contributed by atoms with Crippen LogP contribution in [0.4, 0.5) is 93.0 Å². The third kappa shape index (κ3) is 8.35. The van der Waals surface area contributed by atoms with Gasteiger partial charge in [-0.3, -0.25) is 0 Å². The highest BCUT2D eigenvalue weighted by atomic mass is 19.4. The second-order valence-electron chi connectivity index (χ2n) is 11.0. The zero-order chi connectivity index (χ0) is 41.9. The van der Waals surface area contributed by atoms with Crippen LogP contribution in [-0.2, 0) is 36.6 Å². The van der Waals surface area contributed by atoms with Gasteiger partial charge >= 0.3 is 24.7 Å². The Labute approximate surface area is 289 Å². The summed E-state index contributed by atoms with van der Waals surface area (Å²) in [7, 11) is 0. The van der Waals surface area contributed by atoms with Crippen LogP contribution in [0.3, 0.4) is 0 Å². The Hall–Kier alpha value is -5.84. The van der Waals surface area contributed by atoms with E-state index in [9.17, 15) is 90.7 Å². The van der Waals surface area contributed by atoms with Gasteiger partial charge in [0.15, 0.2) is 0 Å². The van der Waals surface area contributed by atoms with Crippen molar-refractivity contribution in [2.24, 2.45) is 0 Å². The number of nitrogens with two attached hydrogens (primary N) is 4. The lowest BCUT2D eigenvalue weighted by Gasteiger charge is -2.25. The molecule has 12 N–H and O–H groups in total. The molecule has 0 amide bonds. The monoisotopic (exact) mass is 804 g/mol. The highest BCUT2D eigenvalue weighted by molar-refractivity contribution is 5.64. The standard InChI is InChI=1S/2C15H10F8N2O2/c16-13(17,5-3-11(26)9(24)1-7(5)14(18,19)20)6-4-12(27)10(25)2-8(6)15(21,22)23;16-13(17,5-1-9(24)11(26)3-7(5)14(18,19)20)6-2-10(25)12(27)4-8(6)15(21,22)23/h2*1-4,26-27H,24-25H2. The molecule has 0 saturated heterocycles. The first-order chi connectivity index (χ1) is 24.1. The molecular formula is C30H20F16N4O4. The average Bonchev–Trinajstić information content (AvgIpc) is 2.99. The summed E-state index contributed by atoms with van der Waals surface area (Å²) in [5.41, 5.74) is 0.788. The number of aromatic hydroxyl groups is 4. The summed E-state index contributed by atoms with van der Waals surface area (Å²) in [6.45, 7) is 0. The van der Waals surface area contributed by atoms with Crippen LogP contribution < -0.4 is 22.9 Å². The molecule has 0 heterocycles. The fourth-order valence-electron chi connectivity index (χ4n) is 4.69. The number of phenols is 4. The molecule has 0 atom stereocenters. The van der Waals surface area contributed by atoms with E-state index in [2.05, 4.69) is 0 Å². The molecule has 0 aliphatic carbocycles. The lowest BCUT2D eigenvalue weighted by molar-refractivity contribution is -0.145. The Balaban J connectivity index is 0.000000290. The van der Waals surface area contributed by atoms with Gasteiger partial charge in [-0.05, 0) is 48.5 Å². The van der Waals surface area contributed by atoms with E-state index in [-0.39, 0.29) is 48.5 Å². The first kappa shape index (κ1) is 42.6. The van der Waals surface area contributed by atoms with Crippen molar-refractivity contribution in [3.05, 3.63) is 93.0 Å². The van der Waals surface area contributed by atoms with Crippen molar-refractivity contribution >= 4 is 22.7 Å². The number of rotatable bonds is 4. The molecule has 0 fully saturated rings. The SMILES string of the molecule is Nc1cc(C(F)(F)F)c(C(F)(F)c2cc(O)c(N)cc2C(F)(F)F)cc1O.Nc1cc(C(F)(F)c2cc(N)c(O)cc2C(F)(F)F)c(C(F)(F)F)cc1O. The van der Waals surface area contributed by atoms with E-state index in [4.69, 9.17) is 22.9 Å². The third-order valence-corrected chi connectivity index (χ3v) is 7.24. The summed E-state index contributed by atoms with van der Waals surface area (Å²) in [4.78, 5) is 0. The van der Waals surface area contributed by atoms with Crippen LogP contribution in [-0.4, -0.2) is 20.4 Å². The van der Waals surface area contributed by atoms with Gasteiger partial charge in [0.2, 0.25) is 0 Å². The summed E-state index contributed by atoms with van der Waals surface area (Å²) >= 11 is 0. The summed E-state index contributed by atoms with van der Waals surface area (Å²) in [5, 5.41) is 37.4. The van der Waals surface area contributed by atoms with Gasteiger partial charge in [0.05, 0.1) is 45.0 Å². The Morgan fingerprint density at radius 3 is 0.630 bits per heavy atom. The number of halogens is 16. The van der Waals surface area contributed by atoms with Crippen molar-refractivity contribution in [2.45, 2.75) is 36.6 Å². The highest BCUT2D eigenvalue weighted by Crippen LogP contribution is 2.52. The second kappa shape index (κ2) is 13.5. The molecule has 0 bridgehead atoms. The largest absolute Gasteiger partial charge is 0.506 e. The van der Waals surface area contributed by atoms with Gasteiger partial charge in [-0.25, -0.2) is 0 Å². The summed E-state index contributed by atoms with van der Waals surface area (Å²) in [6.07, 6.45) is -21.7. The molecule has 4 rings (SSSR count). The minimum atomic E-state index is -5.44. The molecule has 0 aromatic heterocycles. The quantitative estimate of drug-likeness (QED) is 0.0571. The zero-order valence-electron chi connectivity index (χ0n) is 25.8. The number of phenolic OH excluding ortho intramolecular Hbond substituents is 4. The van der Waals surface area contributed by atoms with E-state index in [1.807, 2.05) is 0 Å². The van der Waals surface area contributed by atoms with Crippen LogP contribution in [0.2, 0.25) is 0 Å². The predicted octanol–water partition coefficient (Wildman–Crippen LogP) is 8.88. The van der Waals surface area contributed by atoms with E-state index in [0.29, 0.717) is 0 Å². The lowest BCUT2D eigenvalue weighted by Crippen LogP contribution is -2.25. The van der Waals surface area contributed by atoms with Gasteiger partial charge in [0, 0.05) is 22.3 Å². The van der Waals surface area contributed by atoms with Crippen LogP contribution in [0.15, 0.2) is 48.5 Å². The molecule has 0 aliphatic heterocycles. The Kier molecular flexibility index (Phi) is 10.7. The maximum absolute atomic E-state index is 14.8. The average molecular weight is 804 g/mol. The van der Waals surface area contributed by atoms with E-state index >= 15 is 0 Å². The lowest BCUT2D eigenvalue weighted by atomic mass is 9.90. The van der Waals surface area contributed by atoms with Gasteiger partial charge < -0.3 is 43.4 Å². The van der Waals surface area contributed by atoms with Crippen molar-refractivity contribution in [1.82, 2.24) is 0 Å². The fourth-order valence-corrected chi connectivity index (χ4v) is 4.69. The molecule has 24 heteroatoms. The van der Waals surface area contributed by atoms with Crippen molar-refractivity contribution in [3.63, 3.8) is 0 Å². The Bertz CT molecular complexity index is 1790. The van der Waals surface area contributed by atoms with Crippen LogP contribution in [0, 0.1) is 0 Å². The van der Waals surface area contributed by atoms with Crippen LogP contribution in [0.1, 0.15) is 44.5 Å². The van der Waals surface area contributed by atoms with Gasteiger partial charge in [0.1, 0.15) is 23.0 Å². The maximum Gasteiger partial charge on any atom is 0.417 e. The number of nitrogen functional groups attached to an aromatic ring is 4. The van der Waals surface area contributed by atoms with Crippen molar-refractivity contribution in [3.8, 4) is 23.0 Å². The molecule has 8 nitrogen and oxygen atoms in total. The van der Waals surface area contributed by atoms with Crippen LogP contribution >= 0.6 is 0 Å². The molecule has 4 aromatic carbocycles. The number of alkyl halides is 16. The Morgan fingerprint density at radius 1 is 0.278 bits per heavy atom. The molecule has 0 radical (unpaired) electrons. The Morgan fingerprint density at radius 2 is 0.426 bits per heavy atom. The van der Waals surface area contributed by atoms with Crippen molar-refractivity contribution in [2.75, 3.05) is 22.9 Å². The van der Waals surface area contributed by atoms with Gasteiger partial charge in [0.25, 0.3) is 11.8 Å². The predicted molar refractivity (Wildman–Crippen MR) is 156 cm³/mol. The molecule has 296 valence electrons.